The second-order valence-electron chi connectivity index (χ2n) is 5.74. The maximum Gasteiger partial charge on any atom is 0.331 e. The number of benzene rings is 1. The summed E-state index contributed by atoms with van der Waals surface area (Å²) in [7, 11) is 1.56. The van der Waals surface area contributed by atoms with E-state index in [-0.39, 0.29) is 24.7 Å². The number of hydrogen-bond donors (Lipinski definition) is 0. The van der Waals surface area contributed by atoms with Crippen LogP contribution >= 0.6 is 0 Å². The maximum atomic E-state index is 12.1. The summed E-state index contributed by atoms with van der Waals surface area (Å²) in [4.78, 5) is 25.6. The van der Waals surface area contributed by atoms with Gasteiger partial charge >= 0.3 is 5.97 Å². The molecule has 1 amide bonds. The fourth-order valence-corrected chi connectivity index (χ4v) is 2.62. The second kappa shape index (κ2) is 8.49. The molecule has 1 saturated heterocycles. The van der Waals surface area contributed by atoms with Gasteiger partial charge in [-0.2, -0.15) is 0 Å². The number of morpholine rings is 1. The van der Waals surface area contributed by atoms with Gasteiger partial charge in [0.25, 0.3) is 5.91 Å². The largest absolute Gasteiger partial charge is 0.496 e. The highest BCUT2D eigenvalue weighted by Crippen LogP contribution is 2.18. The third-order valence-corrected chi connectivity index (χ3v) is 3.65. The predicted molar refractivity (Wildman–Crippen MR) is 89.6 cm³/mol. The normalized spacial score (nSPS) is 20.9. The molecule has 0 bridgehead atoms. The molecular formula is C18H23NO5. The van der Waals surface area contributed by atoms with Crippen LogP contribution in [-0.4, -0.2) is 55.8 Å². The number of nitrogens with zero attached hydrogens (tertiary/aromatic N) is 1. The number of carbonyl (C=O) groups is 2. The van der Waals surface area contributed by atoms with E-state index in [1.807, 2.05) is 32.0 Å². The van der Waals surface area contributed by atoms with Crippen LogP contribution in [0.3, 0.4) is 0 Å². The van der Waals surface area contributed by atoms with Crippen LogP contribution in [0.4, 0.5) is 0 Å². The van der Waals surface area contributed by atoms with Gasteiger partial charge in [-0.05, 0) is 26.0 Å². The fraction of sp³-hybridized carbons (Fsp3) is 0.444. The molecule has 1 fully saturated rings. The Labute approximate surface area is 142 Å². The van der Waals surface area contributed by atoms with Crippen molar-refractivity contribution in [2.45, 2.75) is 26.1 Å². The smallest absolute Gasteiger partial charge is 0.331 e. The first-order valence-corrected chi connectivity index (χ1v) is 7.90. The minimum Gasteiger partial charge on any atom is -0.496 e. The number of para-hydroxylation sites is 1. The minimum atomic E-state index is -0.566. The van der Waals surface area contributed by atoms with Gasteiger partial charge in [-0.15, -0.1) is 0 Å². The summed E-state index contributed by atoms with van der Waals surface area (Å²) < 4.78 is 15.8. The molecule has 0 aliphatic carbocycles. The molecule has 1 aromatic rings. The zero-order valence-corrected chi connectivity index (χ0v) is 14.2. The van der Waals surface area contributed by atoms with Crippen LogP contribution < -0.4 is 4.74 Å². The van der Waals surface area contributed by atoms with E-state index in [0.717, 1.165) is 5.56 Å². The van der Waals surface area contributed by atoms with Crippen molar-refractivity contribution in [1.29, 1.82) is 0 Å². The van der Waals surface area contributed by atoms with Crippen LogP contribution in [0.25, 0.3) is 6.08 Å². The van der Waals surface area contributed by atoms with Crippen molar-refractivity contribution in [2.75, 3.05) is 26.8 Å². The van der Waals surface area contributed by atoms with E-state index >= 15 is 0 Å². The highest BCUT2D eigenvalue weighted by Gasteiger charge is 2.26. The van der Waals surface area contributed by atoms with Crippen LogP contribution in [0, 0.1) is 0 Å². The lowest BCUT2D eigenvalue weighted by molar-refractivity contribution is -0.154. The fourth-order valence-electron chi connectivity index (χ4n) is 2.62. The zero-order chi connectivity index (χ0) is 17.5. The van der Waals surface area contributed by atoms with Crippen molar-refractivity contribution >= 4 is 18.0 Å². The molecule has 1 aromatic carbocycles. The van der Waals surface area contributed by atoms with Gasteiger partial charge in [0.05, 0.1) is 19.3 Å². The van der Waals surface area contributed by atoms with E-state index in [4.69, 9.17) is 14.2 Å². The Hall–Kier alpha value is -2.34. The third-order valence-electron chi connectivity index (χ3n) is 3.65. The van der Waals surface area contributed by atoms with E-state index < -0.39 is 5.97 Å². The SMILES string of the molecule is COc1ccccc1/C=C/C(=O)OCC(=O)N1C[C@@H](C)O[C@@H](C)C1. The van der Waals surface area contributed by atoms with Gasteiger partial charge in [-0.3, -0.25) is 4.79 Å². The average molecular weight is 333 g/mol. The molecule has 1 aliphatic heterocycles. The highest BCUT2D eigenvalue weighted by atomic mass is 16.5. The van der Waals surface area contributed by atoms with Gasteiger partial charge in [-0.1, -0.05) is 18.2 Å². The molecule has 24 heavy (non-hydrogen) atoms. The maximum absolute atomic E-state index is 12.1. The van der Waals surface area contributed by atoms with Gasteiger partial charge in [0.2, 0.25) is 0 Å². The van der Waals surface area contributed by atoms with Gasteiger partial charge in [0.1, 0.15) is 5.75 Å². The minimum absolute atomic E-state index is 0.0150. The molecule has 0 unspecified atom stereocenters. The van der Waals surface area contributed by atoms with Gasteiger partial charge in [0, 0.05) is 24.7 Å². The lowest BCUT2D eigenvalue weighted by atomic mass is 10.2. The molecule has 2 rings (SSSR count). The molecule has 0 N–H and O–H groups in total. The molecular weight excluding hydrogens is 310 g/mol. The molecule has 6 nitrogen and oxygen atoms in total. The number of esters is 1. The van der Waals surface area contributed by atoms with Crippen molar-refractivity contribution < 1.29 is 23.8 Å². The zero-order valence-electron chi connectivity index (χ0n) is 14.2. The molecule has 1 heterocycles. The topological polar surface area (TPSA) is 65.1 Å². The van der Waals surface area contributed by atoms with Crippen LogP contribution in [0.15, 0.2) is 30.3 Å². The summed E-state index contributed by atoms with van der Waals surface area (Å²) in [5.41, 5.74) is 0.763. The Morgan fingerprint density at radius 2 is 1.92 bits per heavy atom. The Morgan fingerprint density at radius 1 is 1.25 bits per heavy atom. The summed E-state index contributed by atoms with van der Waals surface area (Å²) in [5, 5.41) is 0. The number of methoxy groups -OCH3 is 1. The summed E-state index contributed by atoms with van der Waals surface area (Å²) >= 11 is 0. The van der Waals surface area contributed by atoms with Crippen LogP contribution in [0.1, 0.15) is 19.4 Å². The number of rotatable bonds is 5. The molecule has 2 atom stereocenters. The average Bonchev–Trinajstić information content (AvgIpc) is 2.57. The van der Waals surface area contributed by atoms with Gasteiger partial charge in [-0.25, -0.2) is 4.79 Å². The van der Waals surface area contributed by atoms with E-state index in [1.165, 1.54) is 6.08 Å². The van der Waals surface area contributed by atoms with Crippen LogP contribution in [-0.2, 0) is 19.1 Å². The molecule has 0 saturated carbocycles. The van der Waals surface area contributed by atoms with E-state index in [2.05, 4.69) is 0 Å². The highest BCUT2D eigenvalue weighted by molar-refractivity contribution is 5.89. The number of carbonyl (C=O) groups excluding carboxylic acids is 2. The molecule has 0 aromatic heterocycles. The van der Waals surface area contributed by atoms with Crippen LogP contribution in [0.5, 0.6) is 5.75 Å². The monoisotopic (exact) mass is 333 g/mol. The van der Waals surface area contributed by atoms with Gasteiger partial charge < -0.3 is 19.1 Å². The Bertz CT molecular complexity index is 603. The number of amides is 1. The van der Waals surface area contributed by atoms with Crippen LogP contribution in [0.2, 0.25) is 0 Å². The first-order chi connectivity index (χ1) is 11.5. The summed E-state index contributed by atoms with van der Waals surface area (Å²) in [6, 6.07) is 7.31. The first kappa shape index (κ1) is 18.0. The van der Waals surface area contributed by atoms with Gasteiger partial charge in [0.15, 0.2) is 6.61 Å². The standard InChI is InChI=1S/C18H23NO5/c1-13-10-19(11-14(2)24-13)17(20)12-23-18(21)9-8-15-6-4-5-7-16(15)22-3/h4-9,13-14H,10-12H2,1-3H3/b9-8+/t13-,14+. The van der Waals surface area contributed by atoms with E-state index in [1.54, 1.807) is 24.2 Å². The van der Waals surface area contributed by atoms with Crippen molar-refractivity contribution in [3.05, 3.63) is 35.9 Å². The van der Waals surface area contributed by atoms with E-state index in [9.17, 15) is 9.59 Å². The lowest BCUT2D eigenvalue weighted by Crippen LogP contribution is -2.49. The van der Waals surface area contributed by atoms with Crippen molar-refractivity contribution in [3.8, 4) is 5.75 Å². The van der Waals surface area contributed by atoms with Crippen molar-refractivity contribution in [2.24, 2.45) is 0 Å². The quantitative estimate of drug-likeness (QED) is 0.608. The third kappa shape index (κ3) is 5.09. The molecule has 1 aliphatic rings. The van der Waals surface area contributed by atoms with Crippen molar-refractivity contribution in [3.63, 3.8) is 0 Å². The Balaban J connectivity index is 1.84. The number of hydrogen-bond acceptors (Lipinski definition) is 5. The molecule has 6 heteroatoms. The lowest BCUT2D eigenvalue weighted by Gasteiger charge is -2.35. The molecule has 130 valence electrons. The molecule has 0 spiro atoms. The predicted octanol–water partition coefficient (Wildman–Crippen LogP) is 1.89. The first-order valence-electron chi connectivity index (χ1n) is 7.90. The summed E-state index contributed by atoms with van der Waals surface area (Å²) in [6.45, 7) is 4.58. The second-order valence-corrected chi connectivity index (χ2v) is 5.74. The Kier molecular flexibility index (Phi) is 6.37. The van der Waals surface area contributed by atoms with E-state index in [0.29, 0.717) is 18.8 Å². The summed E-state index contributed by atoms with van der Waals surface area (Å²) in [6.07, 6.45) is 2.86. The molecule has 0 radical (unpaired) electrons. The summed E-state index contributed by atoms with van der Waals surface area (Å²) in [5.74, 6) is -0.117. The number of ether oxygens (including phenoxy) is 3. The Morgan fingerprint density at radius 3 is 2.58 bits per heavy atom. The van der Waals surface area contributed by atoms with Crippen molar-refractivity contribution in [1.82, 2.24) is 4.90 Å².